The topological polar surface area (TPSA) is 83.8 Å². The molecule has 16 heavy (non-hydrogen) atoms. The maximum absolute atomic E-state index is 11.1. The molecule has 0 amide bonds. The second-order valence-corrected chi connectivity index (χ2v) is 3.74. The van der Waals surface area contributed by atoms with E-state index in [1.165, 1.54) is 0 Å². The first kappa shape index (κ1) is 14.9. The number of carbonyl (C=O) groups excluding carboxylic acids is 1. The summed E-state index contributed by atoms with van der Waals surface area (Å²) in [6, 6.07) is 0. The van der Waals surface area contributed by atoms with Gasteiger partial charge in [0.05, 0.1) is 25.6 Å². The van der Waals surface area contributed by atoms with E-state index in [9.17, 15) is 9.59 Å². The van der Waals surface area contributed by atoms with Crippen LogP contribution in [0.3, 0.4) is 0 Å². The zero-order valence-electron chi connectivity index (χ0n) is 9.65. The Labute approximate surface area is 95.4 Å². The van der Waals surface area contributed by atoms with E-state index in [0.717, 1.165) is 25.7 Å². The van der Waals surface area contributed by atoms with E-state index in [1.54, 1.807) is 0 Å². The van der Waals surface area contributed by atoms with Gasteiger partial charge in [0.2, 0.25) is 0 Å². The van der Waals surface area contributed by atoms with E-state index >= 15 is 0 Å². The molecule has 5 nitrogen and oxygen atoms in total. The first-order valence-electron chi connectivity index (χ1n) is 5.61. The fraction of sp³-hybridized carbons (Fsp3) is 0.818. The van der Waals surface area contributed by atoms with Crippen molar-refractivity contribution in [3.63, 3.8) is 0 Å². The number of aliphatic carboxylic acids is 1. The summed E-state index contributed by atoms with van der Waals surface area (Å²) < 4.78 is 4.85. The molecule has 0 rings (SSSR count). The molecule has 0 bridgehead atoms. The average Bonchev–Trinajstić information content (AvgIpc) is 2.15. The van der Waals surface area contributed by atoms with Crippen LogP contribution in [0, 0.1) is 0 Å². The van der Waals surface area contributed by atoms with Gasteiger partial charge in [-0.15, -0.1) is 0 Å². The molecule has 0 fully saturated rings. The zero-order valence-corrected chi connectivity index (χ0v) is 9.65. The van der Waals surface area contributed by atoms with Crippen LogP contribution in [0.5, 0.6) is 0 Å². The number of rotatable bonds is 9. The molecule has 0 saturated carbocycles. The molecule has 0 unspecified atom stereocenters. The van der Waals surface area contributed by atoms with Crippen molar-refractivity contribution in [3.05, 3.63) is 0 Å². The fourth-order valence-corrected chi connectivity index (χ4v) is 1.24. The van der Waals surface area contributed by atoms with Crippen molar-refractivity contribution in [1.29, 1.82) is 0 Å². The molecule has 0 aromatic rings. The third-order valence-corrected chi connectivity index (χ3v) is 2.07. The molecule has 0 aromatic carbocycles. The van der Waals surface area contributed by atoms with Crippen molar-refractivity contribution in [2.75, 3.05) is 6.61 Å². The third-order valence-electron chi connectivity index (χ3n) is 2.07. The largest absolute Gasteiger partial charge is 0.481 e. The van der Waals surface area contributed by atoms with Gasteiger partial charge in [-0.3, -0.25) is 9.59 Å². The number of hydrogen-bond donors (Lipinski definition) is 2. The molecule has 0 aliphatic heterocycles. The summed E-state index contributed by atoms with van der Waals surface area (Å²) in [4.78, 5) is 21.3. The Morgan fingerprint density at radius 2 is 1.88 bits per heavy atom. The summed E-state index contributed by atoms with van der Waals surface area (Å²) in [6.45, 7) is 2.44. The van der Waals surface area contributed by atoms with E-state index in [0.29, 0.717) is 6.61 Å². The highest BCUT2D eigenvalue weighted by Crippen LogP contribution is 2.02. The lowest BCUT2D eigenvalue weighted by Crippen LogP contribution is -2.19. The molecular weight excluding hydrogens is 212 g/mol. The standard InChI is InChI=1S/C11H20O5/c1-2-3-4-5-6-16-11(15)8-9(12)7-10(13)14/h9,12H,2-8H2,1H3,(H,13,14)/t9-/m1/s1. The molecular formula is C11H20O5. The number of carboxylic acids is 1. The van der Waals surface area contributed by atoms with E-state index in [1.807, 2.05) is 0 Å². The van der Waals surface area contributed by atoms with Crippen LogP contribution in [0.4, 0.5) is 0 Å². The van der Waals surface area contributed by atoms with Gasteiger partial charge in [0.1, 0.15) is 0 Å². The van der Waals surface area contributed by atoms with Crippen LogP contribution < -0.4 is 0 Å². The molecule has 0 saturated heterocycles. The Kier molecular flexibility index (Phi) is 8.52. The quantitative estimate of drug-likeness (QED) is 0.463. The van der Waals surface area contributed by atoms with Crippen molar-refractivity contribution in [2.45, 2.75) is 51.6 Å². The van der Waals surface area contributed by atoms with Gasteiger partial charge in [0.25, 0.3) is 0 Å². The Bertz CT molecular complexity index is 214. The number of hydrogen-bond acceptors (Lipinski definition) is 4. The Morgan fingerprint density at radius 3 is 2.44 bits per heavy atom. The molecule has 0 aliphatic carbocycles. The molecule has 0 heterocycles. The summed E-state index contributed by atoms with van der Waals surface area (Å²) in [6.07, 6.45) is 2.23. The molecule has 2 N–H and O–H groups in total. The van der Waals surface area contributed by atoms with Gasteiger partial charge in [-0.25, -0.2) is 0 Å². The Balaban J connectivity index is 3.47. The first-order valence-corrected chi connectivity index (χ1v) is 5.61. The SMILES string of the molecule is CCCCCCOC(=O)C[C@H](O)CC(=O)O. The molecule has 1 atom stereocenters. The fourth-order valence-electron chi connectivity index (χ4n) is 1.24. The number of unbranched alkanes of at least 4 members (excludes halogenated alkanes) is 3. The maximum atomic E-state index is 11.1. The predicted octanol–water partition coefficient (Wildman–Crippen LogP) is 1.34. The van der Waals surface area contributed by atoms with Gasteiger partial charge in [-0.05, 0) is 6.42 Å². The second kappa shape index (κ2) is 9.15. The van der Waals surface area contributed by atoms with Crippen LogP contribution >= 0.6 is 0 Å². The molecule has 0 radical (unpaired) electrons. The number of aliphatic hydroxyl groups excluding tert-OH is 1. The molecule has 0 aromatic heterocycles. The van der Waals surface area contributed by atoms with Crippen molar-refractivity contribution < 1.29 is 24.5 Å². The average molecular weight is 232 g/mol. The highest BCUT2D eigenvalue weighted by atomic mass is 16.5. The first-order chi connectivity index (χ1) is 7.56. The molecule has 0 spiro atoms. The maximum Gasteiger partial charge on any atom is 0.308 e. The molecule has 0 aliphatic rings. The number of ether oxygens (including phenoxy) is 1. The van der Waals surface area contributed by atoms with Gasteiger partial charge in [0.15, 0.2) is 0 Å². The van der Waals surface area contributed by atoms with Crippen molar-refractivity contribution in [2.24, 2.45) is 0 Å². The minimum Gasteiger partial charge on any atom is -0.481 e. The molecule has 94 valence electrons. The smallest absolute Gasteiger partial charge is 0.308 e. The van der Waals surface area contributed by atoms with Crippen LogP contribution in [0.25, 0.3) is 0 Å². The van der Waals surface area contributed by atoms with Gasteiger partial charge < -0.3 is 14.9 Å². The summed E-state index contributed by atoms with van der Waals surface area (Å²) in [5.74, 6) is -1.66. The van der Waals surface area contributed by atoms with Gasteiger partial charge >= 0.3 is 11.9 Å². The Hall–Kier alpha value is -1.10. The number of aliphatic hydroxyl groups is 1. The summed E-state index contributed by atoms with van der Waals surface area (Å²) in [5, 5.41) is 17.5. The molecule has 5 heteroatoms. The van der Waals surface area contributed by atoms with Crippen LogP contribution in [0.2, 0.25) is 0 Å². The minimum absolute atomic E-state index is 0.250. The van der Waals surface area contributed by atoms with Crippen LogP contribution in [0.1, 0.15) is 45.4 Å². The second-order valence-electron chi connectivity index (χ2n) is 3.74. The zero-order chi connectivity index (χ0) is 12.4. The summed E-state index contributed by atoms with van der Waals surface area (Å²) >= 11 is 0. The lowest BCUT2D eigenvalue weighted by molar-refractivity contribution is -0.147. The number of carbonyl (C=O) groups is 2. The highest BCUT2D eigenvalue weighted by Gasteiger charge is 2.14. The van der Waals surface area contributed by atoms with E-state index in [2.05, 4.69) is 6.92 Å². The van der Waals surface area contributed by atoms with Crippen molar-refractivity contribution >= 4 is 11.9 Å². The van der Waals surface area contributed by atoms with E-state index in [-0.39, 0.29) is 6.42 Å². The lowest BCUT2D eigenvalue weighted by Gasteiger charge is -2.08. The van der Waals surface area contributed by atoms with Crippen molar-refractivity contribution in [3.8, 4) is 0 Å². The van der Waals surface area contributed by atoms with Gasteiger partial charge in [-0.2, -0.15) is 0 Å². The van der Waals surface area contributed by atoms with Gasteiger partial charge in [-0.1, -0.05) is 26.2 Å². The normalized spacial score (nSPS) is 12.1. The highest BCUT2D eigenvalue weighted by molar-refractivity contribution is 5.72. The monoisotopic (exact) mass is 232 g/mol. The minimum atomic E-state index is -1.15. The lowest BCUT2D eigenvalue weighted by atomic mass is 10.2. The van der Waals surface area contributed by atoms with Crippen LogP contribution in [0.15, 0.2) is 0 Å². The summed E-state index contributed by atoms with van der Waals surface area (Å²) in [5.41, 5.74) is 0. The van der Waals surface area contributed by atoms with E-state index < -0.39 is 24.5 Å². The predicted molar refractivity (Wildman–Crippen MR) is 58.0 cm³/mol. The van der Waals surface area contributed by atoms with Crippen LogP contribution in [-0.4, -0.2) is 34.9 Å². The number of esters is 1. The van der Waals surface area contributed by atoms with Gasteiger partial charge in [0, 0.05) is 0 Å². The van der Waals surface area contributed by atoms with E-state index in [4.69, 9.17) is 14.9 Å². The van der Waals surface area contributed by atoms with Crippen LogP contribution in [-0.2, 0) is 14.3 Å². The Morgan fingerprint density at radius 1 is 1.19 bits per heavy atom. The summed E-state index contributed by atoms with van der Waals surface area (Å²) in [7, 11) is 0. The van der Waals surface area contributed by atoms with Crippen molar-refractivity contribution in [1.82, 2.24) is 0 Å². The third kappa shape index (κ3) is 9.45. The number of carboxylic acid groups (broad SMARTS) is 1.